The smallest absolute Gasteiger partial charge is 0.326 e. The van der Waals surface area contributed by atoms with Crippen molar-refractivity contribution in [2.45, 2.75) is 6.92 Å². The van der Waals surface area contributed by atoms with Gasteiger partial charge in [-0.1, -0.05) is 47.5 Å². The molecule has 0 radical (unpaired) electrons. The number of piperazine rings is 1. The second kappa shape index (κ2) is 13.3. The van der Waals surface area contributed by atoms with Gasteiger partial charge in [0.1, 0.15) is 0 Å². The van der Waals surface area contributed by atoms with Gasteiger partial charge in [-0.3, -0.25) is 9.80 Å². The first-order valence-corrected chi connectivity index (χ1v) is 13.5. The zero-order valence-corrected chi connectivity index (χ0v) is 23.2. The molecule has 0 spiro atoms. The van der Waals surface area contributed by atoms with E-state index in [1.54, 1.807) is 29.2 Å². The number of nitrogens with one attached hydrogen (secondary N) is 2. The molecule has 8 nitrogen and oxygen atoms in total. The van der Waals surface area contributed by atoms with Gasteiger partial charge in [0.05, 0.1) is 11.6 Å². The second-order valence-electron chi connectivity index (χ2n) is 9.14. The Hall–Kier alpha value is -3.77. The molecule has 202 valence electrons. The summed E-state index contributed by atoms with van der Waals surface area (Å²) in [6, 6.07) is 21.8. The largest absolute Gasteiger partial charge is 0.338 e. The van der Waals surface area contributed by atoms with Crippen molar-refractivity contribution in [3.63, 3.8) is 0 Å². The van der Waals surface area contributed by atoms with Crippen LogP contribution in [0.3, 0.4) is 0 Å². The molecule has 1 fully saturated rings. The molecule has 0 aromatic heterocycles. The number of halogens is 2. The van der Waals surface area contributed by atoms with Gasteiger partial charge in [-0.15, -0.1) is 0 Å². The Kier molecular flexibility index (Phi) is 9.66. The van der Waals surface area contributed by atoms with Gasteiger partial charge in [0, 0.05) is 67.2 Å². The fourth-order valence-electron chi connectivity index (χ4n) is 4.45. The number of urea groups is 2. The number of rotatable bonds is 7. The van der Waals surface area contributed by atoms with E-state index in [0.717, 1.165) is 29.9 Å². The molecule has 0 atom stereocenters. The predicted octanol–water partition coefficient (Wildman–Crippen LogP) is 5.92. The Balaban J connectivity index is 1.49. The summed E-state index contributed by atoms with van der Waals surface area (Å²) in [5, 5.41) is 15.8. The van der Waals surface area contributed by atoms with Crippen molar-refractivity contribution in [3.8, 4) is 17.2 Å². The number of carbonyl (C=O) groups excluding carboxylic acids is 2. The van der Waals surface area contributed by atoms with Crippen LogP contribution in [0.25, 0.3) is 11.1 Å². The molecular weight excluding hydrogens is 535 g/mol. The van der Waals surface area contributed by atoms with Gasteiger partial charge >= 0.3 is 12.1 Å². The van der Waals surface area contributed by atoms with Crippen LogP contribution < -0.4 is 15.5 Å². The zero-order chi connectivity index (χ0) is 27.8. The summed E-state index contributed by atoms with van der Waals surface area (Å²) in [5.74, 6) is 0. The van der Waals surface area contributed by atoms with Crippen molar-refractivity contribution >= 4 is 46.6 Å². The molecule has 4 amide bonds. The maximum absolute atomic E-state index is 13.5. The molecule has 1 heterocycles. The van der Waals surface area contributed by atoms with Crippen LogP contribution in [0.15, 0.2) is 66.7 Å². The fraction of sp³-hybridized carbons (Fsp3) is 0.276. The van der Waals surface area contributed by atoms with E-state index >= 15 is 0 Å². The van der Waals surface area contributed by atoms with Crippen LogP contribution in [0.4, 0.5) is 21.0 Å². The van der Waals surface area contributed by atoms with Crippen molar-refractivity contribution in [2.24, 2.45) is 0 Å². The van der Waals surface area contributed by atoms with E-state index in [4.69, 9.17) is 23.2 Å². The Morgan fingerprint density at radius 3 is 2.28 bits per heavy atom. The van der Waals surface area contributed by atoms with Gasteiger partial charge < -0.3 is 15.5 Å². The number of nitriles is 1. The zero-order valence-electron chi connectivity index (χ0n) is 21.7. The highest BCUT2D eigenvalue weighted by atomic mass is 35.5. The van der Waals surface area contributed by atoms with Crippen LogP contribution in [0, 0.1) is 11.3 Å². The lowest BCUT2D eigenvalue weighted by Crippen LogP contribution is -2.53. The Morgan fingerprint density at radius 1 is 0.949 bits per heavy atom. The van der Waals surface area contributed by atoms with Crippen molar-refractivity contribution in [2.75, 3.05) is 56.0 Å². The molecular formula is C29H30Cl2N6O2. The van der Waals surface area contributed by atoms with E-state index in [1.807, 2.05) is 54.3 Å². The first-order chi connectivity index (χ1) is 18.9. The molecule has 1 aliphatic heterocycles. The minimum atomic E-state index is -0.312. The second-order valence-corrected chi connectivity index (χ2v) is 10.0. The van der Waals surface area contributed by atoms with Crippen LogP contribution in [-0.2, 0) is 0 Å². The van der Waals surface area contributed by atoms with Gasteiger partial charge in [0.15, 0.2) is 0 Å². The summed E-state index contributed by atoms with van der Waals surface area (Å²) in [6.45, 7) is 6.30. The fourth-order valence-corrected chi connectivity index (χ4v) is 4.97. The molecule has 4 rings (SSSR count). The lowest BCUT2D eigenvalue weighted by molar-refractivity contribution is 0.141. The normalized spacial score (nSPS) is 13.4. The van der Waals surface area contributed by atoms with Gasteiger partial charge in [0.2, 0.25) is 0 Å². The van der Waals surface area contributed by atoms with Crippen LogP contribution in [0.1, 0.15) is 12.5 Å². The molecule has 0 aliphatic carbocycles. The minimum Gasteiger partial charge on any atom is -0.338 e. The molecule has 10 heteroatoms. The number of carbonyl (C=O) groups is 2. The standard InChI is InChI=1S/C29H30Cl2N6O2/c1-2-33-28(38)36-13-10-35(11-14-36)12-15-37(29(39)34-26-18-24(30)17-25(31)19-26)27-8-6-22(7-9-27)23-5-3-4-21(16-23)20-32/h3-9,16-19H,2,10-15H2,1H3,(H,33,38)(H,34,39). The van der Waals surface area contributed by atoms with E-state index in [2.05, 4.69) is 21.6 Å². The average Bonchev–Trinajstić information content (AvgIpc) is 2.93. The van der Waals surface area contributed by atoms with Crippen LogP contribution in [0.2, 0.25) is 10.0 Å². The number of hydrogen-bond donors (Lipinski definition) is 2. The monoisotopic (exact) mass is 564 g/mol. The van der Waals surface area contributed by atoms with E-state index in [-0.39, 0.29) is 12.1 Å². The van der Waals surface area contributed by atoms with Gasteiger partial charge in [0.25, 0.3) is 0 Å². The van der Waals surface area contributed by atoms with E-state index in [9.17, 15) is 14.9 Å². The average molecular weight is 566 g/mol. The third-order valence-electron chi connectivity index (χ3n) is 6.49. The van der Waals surface area contributed by atoms with Crippen molar-refractivity contribution in [1.82, 2.24) is 15.1 Å². The number of benzene rings is 3. The van der Waals surface area contributed by atoms with Crippen molar-refractivity contribution < 1.29 is 9.59 Å². The van der Waals surface area contributed by atoms with Gasteiger partial charge in [-0.2, -0.15) is 5.26 Å². The first-order valence-electron chi connectivity index (χ1n) is 12.8. The predicted molar refractivity (Wildman–Crippen MR) is 157 cm³/mol. The van der Waals surface area contributed by atoms with Gasteiger partial charge in [-0.25, -0.2) is 9.59 Å². The molecule has 0 unspecified atom stereocenters. The highest BCUT2D eigenvalue weighted by Gasteiger charge is 2.23. The SMILES string of the molecule is CCNC(=O)N1CCN(CCN(C(=O)Nc2cc(Cl)cc(Cl)c2)c2ccc(-c3cccc(C#N)c3)cc2)CC1. The Morgan fingerprint density at radius 2 is 1.64 bits per heavy atom. The molecule has 2 N–H and O–H groups in total. The van der Waals surface area contributed by atoms with E-state index in [1.165, 1.54) is 0 Å². The van der Waals surface area contributed by atoms with E-state index in [0.29, 0.717) is 54.0 Å². The van der Waals surface area contributed by atoms with Crippen molar-refractivity contribution in [1.29, 1.82) is 5.26 Å². The molecule has 1 saturated heterocycles. The molecule has 3 aromatic carbocycles. The Labute approximate surface area is 238 Å². The van der Waals surface area contributed by atoms with Crippen LogP contribution in [-0.4, -0.2) is 67.7 Å². The van der Waals surface area contributed by atoms with Gasteiger partial charge in [-0.05, 0) is 60.5 Å². The maximum Gasteiger partial charge on any atom is 0.326 e. The number of amides is 4. The van der Waals surface area contributed by atoms with Crippen molar-refractivity contribution in [3.05, 3.63) is 82.3 Å². The minimum absolute atomic E-state index is 0.0428. The topological polar surface area (TPSA) is 91.7 Å². The maximum atomic E-state index is 13.5. The lowest BCUT2D eigenvalue weighted by Gasteiger charge is -2.35. The third kappa shape index (κ3) is 7.64. The summed E-state index contributed by atoms with van der Waals surface area (Å²) in [6.07, 6.45) is 0. The summed E-state index contributed by atoms with van der Waals surface area (Å²) in [5.41, 5.74) is 3.68. The number of hydrogen-bond acceptors (Lipinski definition) is 4. The molecule has 0 bridgehead atoms. The molecule has 0 saturated carbocycles. The lowest BCUT2D eigenvalue weighted by atomic mass is 10.0. The highest BCUT2D eigenvalue weighted by molar-refractivity contribution is 6.35. The highest BCUT2D eigenvalue weighted by Crippen LogP contribution is 2.26. The Bertz CT molecular complexity index is 1330. The van der Waals surface area contributed by atoms with E-state index < -0.39 is 0 Å². The molecule has 1 aliphatic rings. The summed E-state index contributed by atoms with van der Waals surface area (Å²) < 4.78 is 0. The molecule has 3 aromatic rings. The first kappa shape index (κ1) is 28.2. The quantitative estimate of drug-likeness (QED) is 0.372. The summed E-state index contributed by atoms with van der Waals surface area (Å²) >= 11 is 12.3. The van der Waals surface area contributed by atoms with Crippen LogP contribution in [0.5, 0.6) is 0 Å². The summed E-state index contributed by atoms with van der Waals surface area (Å²) in [7, 11) is 0. The third-order valence-corrected chi connectivity index (χ3v) is 6.93. The summed E-state index contributed by atoms with van der Waals surface area (Å²) in [4.78, 5) is 31.3. The number of anilines is 2. The molecule has 39 heavy (non-hydrogen) atoms. The van der Waals surface area contributed by atoms with Crippen LogP contribution >= 0.6 is 23.2 Å². The number of nitrogens with zero attached hydrogens (tertiary/aromatic N) is 4.